The lowest BCUT2D eigenvalue weighted by molar-refractivity contribution is 0.0973. The highest BCUT2D eigenvalue weighted by Gasteiger charge is 2.17. The van der Waals surface area contributed by atoms with Crippen molar-refractivity contribution in [2.75, 3.05) is 7.11 Å². The minimum atomic E-state index is -0.323. The molecule has 0 bridgehead atoms. The van der Waals surface area contributed by atoms with Gasteiger partial charge in [-0.25, -0.2) is 0 Å². The highest BCUT2D eigenvalue weighted by Crippen LogP contribution is 2.21. The zero-order chi connectivity index (χ0) is 21.6. The number of carbonyl (C=O) groups excluding carboxylic acids is 1. The second-order valence-electron chi connectivity index (χ2n) is 6.58. The first-order valence-electron chi connectivity index (χ1n) is 9.44. The lowest BCUT2D eigenvalue weighted by Gasteiger charge is -2.07. The summed E-state index contributed by atoms with van der Waals surface area (Å²) in [7, 11) is 1.60. The van der Waals surface area contributed by atoms with Crippen molar-refractivity contribution < 1.29 is 14.1 Å². The molecule has 1 amide bonds. The monoisotopic (exact) mass is 431 g/mol. The lowest BCUT2D eigenvalue weighted by atomic mass is 10.1. The SMILES string of the molecule is COc1ccc(/C=C(\NC(=O)c2ccc(Cl)cc2)c2nc(-c3ccccc3)no2)cc1. The Morgan fingerprint density at radius 3 is 2.39 bits per heavy atom. The number of benzene rings is 3. The average Bonchev–Trinajstić information content (AvgIpc) is 3.30. The molecule has 31 heavy (non-hydrogen) atoms. The summed E-state index contributed by atoms with van der Waals surface area (Å²) in [5.41, 5.74) is 2.46. The number of methoxy groups -OCH3 is 1. The summed E-state index contributed by atoms with van der Waals surface area (Å²) in [6.45, 7) is 0. The first-order valence-corrected chi connectivity index (χ1v) is 9.82. The van der Waals surface area contributed by atoms with E-state index in [0.29, 0.717) is 22.1 Å². The molecule has 1 N–H and O–H groups in total. The molecule has 154 valence electrons. The normalized spacial score (nSPS) is 11.2. The van der Waals surface area contributed by atoms with Crippen molar-refractivity contribution in [3.05, 3.63) is 101 Å². The smallest absolute Gasteiger partial charge is 0.274 e. The Morgan fingerprint density at radius 1 is 1.00 bits per heavy atom. The van der Waals surface area contributed by atoms with Crippen molar-refractivity contribution in [1.82, 2.24) is 15.5 Å². The van der Waals surface area contributed by atoms with Gasteiger partial charge < -0.3 is 14.6 Å². The van der Waals surface area contributed by atoms with E-state index in [2.05, 4.69) is 15.5 Å². The first-order chi connectivity index (χ1) is 15.1. The summed E-state index contributed by atoms with van der Waals surface area (Å²) >= 11 is 5.92. The van der Waals surface area contributed by atoms with Crippen molar-refractivity contribution >= 4 is 29.3 Å². The van der Waals surface area contributed by atoms with Crippen LogP contribution >= 0.6 is 11.6 Å². The maximum atomic E-state index is 12.8. The van der Waals surface area contributed by atoms with Gasteiger partial charge in [0.15, 0.2) is 0 Å². The molecule has 0 unspecified atom stereocenters. The zero-order valence-corrected chi connectivity index (χ0v) is 17.3. The van der Waals surface area contributed by atoms with E-state index in [0.717, 1.165) is 16.9 Å². The molecule has 1 heterocycles. The number of aromatic nitrogens is 2. The van der Waals surface area contributed by atoms with Gasteiger partial charge in [-0.3, -0.25) is 4.79 Å². The number of halogens is 1. The van der Waals surface area contributed by atoms with Crippen molar-refractivity contribution in [2.45, 2.75) is 0 Å². The molecule has 0 aliphatic carbocycles. The fourth-order valence-electron chi connectivity index (χ4n) is 2.85. The van der Waals surface area contributed by atoms with Crippen molar-refractivity contribution in [1.29, 1.82) is 0 Å². The fourth-order valence-corrected chi connectivity index (χ4v) is 2.98. The van der Waals surface area contributed by atoms with Crippen molar-refractivity contribution in [3.8, 4) is 17.1 Å². The van der Waals surface area contributed by atoms with Gasteiger partial charge in [0.25, 0.3) is 11.8 Å². The standard InChI is InChI=1S/C24H18ClN3O3/c1-30-20-13-7-16(8-14-20)15-21(26-23(29)18-9-11-19(25)12-10-18)24-27-22(28-31-24)17-5-3-2-4-6-17/h2-15H,1H3,(H,26,29)/b21-15-. The summed E-state index contributed by atoms with van der Waals surface area (Å²) in [6, 6.07) is 23.4. The number of amides is 1. The van der Waals surface area contributed by atoms with Crippen LogP contribution in [-0.2, 0) is 0 Å². The van der Waals surface area contributed by atoms with E-state index in [4.69, 9.17) is 20.9 Å². The van der Waals surface area contributed by atoms with E-state index in [-0.39, 0.29) is 11.8 Å². The minimum Gasteiger partial charge on any atom is -0.497 e. The summed E-state index contributed by atoms with van der Waals surface area (Å²) in [6.07, 6.45) is 1.76. The van der Waals surface area contributed by atoms with Crippen molar-refractivity contribution in [3.63, 3.8) is 0 Å². The van der Waals surface area contributed by atoms with Crippen LogP contribution in [0.2, 0.25) is 5.02 Å². The van der Waals surface area contributed by atoms with Gasteiger partial charge in [0.1, 0.15) is 11.4 Å². The number of nitrogens with zero attached hydrogens (tertiary/aromatic N) is 2. The van der Waals surface area contributed by atoms with Gasteiger partial charge in [0.2, 0.25) is 5.82 Å². The molecule has 4 rings (SSSR count). The molecule has 0 radical (unpaired) electrons. The molecule has 0 aliphatic rings. The predicted molar refractivity (Wildman–Crippen MR) is 120 cm³/mol. The summed E-state index contributed by atoms with van der Waals surface area (Å²) < 4.78 is 10.7. The zero-order valence-electron chi connectivity index (χ0n) is 16.6. The third-order valence-electron chi connectivity index (χ3n) is 4.47. The Morgan fingerprint density at radius 2 is 1.71 bits per heavy atom. The first kappa shape index (κ1) is 20.4. The Labute approximate surface area is 184 Å². The Kier molecular flexibility index (Phi) is 6.10. The van der Waals surface area contributed by atoms with Gasteiger partial charge in [0, 0.05) is 16.1 Å². The highest BCUT2D eigenvalue weighted by atomic mass is 35.5. The molecule has 0 saturated heterocycles. The van der Waals surface area contributed by atoms with E-state index < -0.39 is 0 Å². The van der Waals surface area contributed by atoms with Gasteiger partial charge in [-0.15, -0.1) is 0 Å². The van der Waals surface area contributed by atoms with Crippen LogP contribution in [0.4, 0.5) is 0 Å². The van der Waals surface area contributed by atoms with Gasteiger partial charge in [0.05, 0.1) is 7.11 Å². The van der Waals surface area contributed by atoms with Crippen molar-refractivity contribution in [2.24, 2.45) is 0 Å². The average molecular weight is 432 g/mol. The van der Waals surface area contributed by atoms with Crippen LogP contribution in [0.3, 0.4) is 0 Å². The largest absolute Gasteiger partial charge is 0.497 e. The van der Waals surface area contributed by atoms with E-state index in [1.807, 2.05) is 54.6 Å². The van der Waals surface area contributed by atoms with Crippen LogP contribution in [0.25, 0.3) is 23.2 Å². The quantitative estimate of drug-likeness (QED) is 0.446. The highest BCUT2D eigenvalue weighted by molar-refractivity contribution is 6.30. The van der Waals surface area contributed by atoms with Gasteiger partial charge >= 0.3 is 0 Å². The molecule has 0 saturated carbocycles. The maximum Gasteiger partial charge on any atom is 0.274 e. The molecule has 6 nitrogen and oxygen atoms in total. The Hall–Kier alpha value is -3.90. The van der Waals surface area contributed by atoms with E-state index in [1.54, 1.807) is 37.5 Å². The Bertz CT molecular complexity index is 1200. The molecular formula is C24H18ClN3O3. The van der Waals surface area contributed by atoms with Crippen LogP contribution in [0.1, 0.15) is 21.8 Å². The fraction of sp³-hybridized carbons (Fsp3) is 0.0417. The summed E-state index contributed by atoms with van der Waals surface area (Å²) in [5.74, 6) is 1.03. The second-order valence-corrected chi connectivity index (χ2v) is 7.02. The summed E-state index contributed by atoms with van der Waals surface area (Å²) in [4.78, 5) is 17.3. The lowest BCUT2D eigenvalue weighted by Crippen LogP contribution is -2.22. The number of rotatable bonds is 6. The van der Waals surface area contributed by atoms with Crippen LogP contribution in [0.15, 0.2) is 83.4 Å². The molecule has 3 aromatic carbocycles. The van der Waals surface area contributed by atoms with Gasteiger partial charge in [-0.05, 0) is 48.0 Å². The summed E-state index contributed by atoms with van der Waals surface area (Å²) in [5, 5.41) is 7.47. The maximum absolute atomic E-state index is 12.8. The third-order valence-corrected chi connectivity index (χ3v) is 4.72. The predicted octanol–water partition coefficient (Wildman–Crippen LogP) is 5.33. The number of ether oxygens (including phenoxy) is 1. The molecule has 0 spiro atoms. The Balaban J connectivity index is 1.68. The molecule has 0 aliphatic heterocycles. The number of nitrogens with one attached hydrogen (secondary N) is 1. The number of hydrogen-bond acceptors (Lipinski definition) is 5. The van der Waals surface area contributed by atoms with Crippen LogP contribution in [0, 0.1) is 0 Å². The van der Waals surface area contributed by atoms with Gasteiger partial charge in [-0.1, -0.05) is 59.2 Å². The van der Waals surface area contributed by atoms with E-state index in [9.17, 15) is 4.79 Å². The molecule has 1 aromatic heterocycles. The number of hydrogen-bond donors (Lipinski definition) is 1. The van der Waals surface area contributed by atoms with Gasteiger partial charge in [-0.2, -0.15) is 4.98 Å². The second kappa shape index (κ2) is 9.28. The van der Waals surface area contributed by atoms with E-state index in [1.165, 1.54) is 0 Å². The van der Waals surface area contributed by atoms with Crippen LogP contribution < -0.4 is 10.1 Å². The third kappa shape index (κ3) is 4.99. The van der Waals surface area contributed by atoms with Crippen LogP contribution in [-0.4, -0.2) is 23.2 Å². The van der Waals surface area contributed by atoms with E-state index >= 15 is 0 Å². The molecule has 0 atom stereocenters. The molecule has 0 fully saturated rings. The number of carbonyl (C=O) groups is 1. The van der Waals surface area contributed by atoms with Crippen LogP contribution in [0.5, 0.6) is 5.75 Å². The topological polar surface area (TPSA) is 77.2 Å². The molecular weight excluding hydrogens is 414 g/mol. The minimum absolute atomic E-state index is 0.192. The molecule has 4 aromatic rings. The molecule has 7 heteroatoms.